The van der Waals surface area contributed by atoms with Crippen molar-refractivity contribution >= 4 is 21.5 Å². The molecule has 0 atom stereocenters. The molecule has 0 heterocycles. The summed E-state index contributed by atoms with van der Waals surface area (Å²) in [5.74, 6) is 2.68. The first-order valence-corrected chi connectivity index (χ1v) is 7.34. The molecule has 0 aliphatic rings. The summed E-state index contributed by atoms with van der Waals surface area (Å²) < 4.78 is 0. The molecule has 0 aliphatic heterocycles. The van der Waals surface area contributed by atoms with Crippen LogP contribution in [0.4, 0.5) is 0 Å². The molecule has 0 fully saturated rings. The Morgan fingerprint density at radius 3 is 1.73 bits per heavy atom. The summed E-state index contributed by atoms with van der Waals surface area (Å²) in [5.41, 5.74) is 3.39. The Kier molecular flexibility index (Phi) is 2.92. The fourth-order valence-electron chi connectivity index (χ4n) is 3.06. The van der Waals surface area contributed by atoms with E-state index >= 15 is 0 Å². The number of benzene rings is 4. The normalized spacial score (nSPS) is 10.7. The average molecular weight is 278 g/mol. The molecule has 4 rings (SSSR count). The van der Waals surface area contributed by atoms with Crippen LogP contribution in [-0.2, 0) is 0 Å². The lowest BCUT2D eigenvalue weighted by Crippen LogP contribution is -1.85. The molecule has 4 aromatic carbocycles. The van der Waals surface area contributed by atoms with Gasteiger partial charge >= 0.3 is 0 Å². The first-order chi connectivity index (χ1) is 10.9. The zero-order chi connectivity index (χ0) is 14.9. The van der Waals surface area contributed by atoms with Crippen LogP contribution in [0.3, 0.4) is 0 Å². The maximum Gasteiger partial charge on any atom is 0.0243 e. The Morgan fingerprint density at radius 1 is 0.636 bits per heavy atom. The van der Waals surface area contributed by atoms with E-state index < -0.39 is 0 Å². The van der Waals surface area contributed by atoms with E-state index in [2.05, 4.69) is 72.7 Å². The van der Waals surface area contributed by atoms with Gasteiger partial charge in [0.05, 0.1) is 0 Å². The van der Waals surface area contributed by atoms with Gasteiger partial charge in [0.2, 0.25) is 0 Å². The SMILES string of the molecule is C#Cc1ccc(-c2c3ccccc3cc3ccccc23)cc1. The minimum absolute atomic E-state index is 0.910. The molecule has 0 N–H and O–H groups in total. The highest BCUT2D eigenvalue weighted by Crippen LogP contribution is 2.36. The molecule has 0 aromatic heterocycles. The highest BCUT2D eigenvalue weighted by Gasteiger charge is 2.09. The van der Waals surface area contributed by atoms with Crippen LogP contribution in [0.2, 0.25) is 0 Å². The highest BCUT2D eigenvalue weighted by molar-refractivity contribution is 6.12. The van der Waals surface area contributed by atoms with Crippen LogP contribution < -0.4 is 0 Å². The largest absolute Gasteiger partial charge is 0.115 e. The molecule has 0 spiro atoms. The van der Waals surface area contributed by atoms with E-state index in [9.17, 15) is 0 Å². The summed E-state index contributed by atoms with van der Waals surface area (Å²) in [4.78, 5) is 0. The van der Waals surface area contributed by atoms with Crippen molar-refractivity contribution in [2.45, 2.75) is 0 Å². The molecular weight excluding hydrogens is 264 g/mol. The Morgan fingerprint density at radius 2 is 1.18 bits per heavy atom. The van der Waals surface area contributed by atoms with Crippen LogP contribution in [0.15, 0.2) is 78.9 Å². The van der Waals surface area contributed by atoms with E-state index in [1.807, 2.05) is 12.1 Å². The van der Waals surface area contributed by atoms with Crippen LogP contribution >= 0.6 is 0 Å². The number of rotatable bonds is 1. The van der Waals surface area contributed by atoms with Crippen molar-refractivity contribution in [1.29, 1.82) is 0 Å². The lowest BCUT2D eigenvalue weighted by molar-refractivity contribution is 1.63. The molecule has 0 bridgehead atoms. The predicted molar refractivity (Wildman–Crippen MR) is 94.8 cm³/mol. The fraction of sp³-hybridized carbons (Fsp3) is 0. The minimum Gasteiger partial charge on any atom is -0.115 e. The lowest BCUT2D eigenvalue weighted by atomic mass is 9.92. The Hall–Kier alpha value is -3.04. The summed E-state index contributed by atoms with van der Waals surface area (Å²) in [5, 5.41) is 5.07. The van der Waals surface area contributed by atoms with Gasteiger partial charge in [-0.3, -0.25) is 0 Å². The van der Waals surface area contributed by atoms with Crippen LogP contribution in [0, 0.1) is 12.3 Å². The highest BCUT2D eigenvalue weighted by atomic mass is 14.1. The second-order valence-corrected chi connectivity index (χ2v) is 5.42. The van der Waals surface area contributed by atoms with Crippen LogP contribution in [0.1, 0.15) is 5.56 Å². The fourth-order valence-corrected chi connectivity index (χ4v) is 3.06. The third-order valence-corrected chi connectivity index (χ3v) is 4.11. The smallest absolute Gasteiger partial charge is 0.0243 e. The Labute approximate surface area is 130 Å². The van der Waals surface area contributed by atoms with Crippen molar-refractivity contribution in [2.24, 2.45) is 0 Å². The Bertz CT molecular complexity index is 961. The second-order valence-electron chi connectivity index (χ2n) is 5.42. The summed E-state index contributed by atoms with van der Waals surface area (Å²) in [6.07, 6.45) is 5.47. The van der Waals surface area contributed by atoms with E-state index in [1.54, 1.807) is 0 Å². The van der Waals surface area contributed by atoms with Gasteiger partial charge in [-0.05, 0) is 50.9 Å². The van der Waals surface area contributed by atoms with E-state index in [-0.39, 0.29) is 0 Å². The predicted octanol–water partition coefficient (Wildman–Crippen LogP) is 5.64. The topological polar surface area (TPSA) is 0 Å². The molecule has 0 heteroatoms. The molecule has 0 radical (unpaired) electrons. The van der Waals surface area contributed by atoms with E-state index in [0.717, 1.165) is 5.56 Å². The number of hydrogen-bond acceptors (Lipinski definition) is 0. The third-order valence-electron chi connectivity index (χ3n) is 4.11. The molecule has 0 nitrogen and oxygen atoms in total. The average Bonchev–Trinajstić information content (AvgIpc) is 2.60. The summed E-state index contributed by atoms with van der Waals surface area (Å²) >= 11 is 0. The number of fused-ring (bicyclic) bond motifs is 2. The zero-order valence-electron chi connectivity index (χ0n) is 12.1. The minimum atomic E-state index is 0.910. The van der Waals surface area contributed by atoms with Crippen molar-refractivity contribution in [1.82, 2.24) is 0 Å². The maximum absolute atomic E-state index is 5.47. The second kappa shape index (κ2) is 5.06. The van der Waals surface area contributed by atoms with Crippen molar-refractivity contribution in [3.05, 3.63) is 84.4 Å². The molecule has 102 valence electrons. The van der Waals surface area contributed by atoms with Gasteiger partial charge in [0.15, 0.2) is 0 Å². The van der Waals surface area contributed by atoms with Gasteiger partial charge in [0.25, 0.3) is 0 Å². The molecule has 0 aliphatic carbocycles. The van der Waals surface area contributed by atoms with E-state index in [0.29, 0.717) is 0 Å². The van der Waals surface area contributed by atoms with Crippen molar-refractivity contribution < 1.29 is 0 Å². The summed E-state index contributed by atoms with van der Waals surface area (Å²) in [6.45, 7) is 0. The van der Waals surface area contributed by atoms with Gasteiger partial charge in [-0.25, -0.2) is 0 Å². The maximum atomic E-state index is 5.47. The third kappa shape index (κ3) is 1.96. The molecule has 0 saturated heterocycles. The van der Waals surface area contributed by atoms with Gasteiger partial charge in [0, 0.05) is 5.56 Å². The molecule has 0 amide bonds. The first kappa shape index (κ1) is 12.7. The summed E-state index contributed by atoms with van der Waals surface area (Å²) in [6, 6.07) is 27.6. The molecule has 0 saturated carbocycles. The zero-order valence-corrected chi connectivity index (χ0v) is 12.1. The standard InChI is InChI=1S/C22H14/c1-2-16-11-13-17(14-12-16)22-20-9-5-3-7-18(20)15-19-8-4-6-10-21(19)22/h1,3-15H. The number of hydrogen-bond donors (Lipinski definition) is 0. The summed E-state index contributed by atoms with van der Waals surface area (Å²) in [7, 11) is 0. The molecular formula is C22H14. The van der Waals surface area contributed by atoms with Crippen molar-refractivity contribution in [3.63, 3.8) is 0 Å². The van der Waals surface area contributed by atoms with Crippen molar-refractivity contribution in [3.8, 4) is 23.5 Å². The van der Waals surface area contributed by atoms with Crippen LogP contribution in [0.5, 0.6) is 0 Å². The molecule has 22 heavy (non-hydrogen) atoms. The van der Waals surface area contributed by atoms with Gasteiger partial charge in [0.1, 0.15) is 0 Å². The van der Waals surface area contributed by atoms with E-state index in [1.165, 1.54) is 32.7 Å². The van der Waals surface area contributed by atoms with Gasteiger partial charge in [-0.15, -0.1) is 6.42 Å². The van der Waals surface area contributed by atoms with Crippen molar-refractivity contribution in [2.75, 3.05) is 0 Å². The monoisotopic (exact) mass is 278 g/mol. The Balaban J connectivity index is 2.14. The van der Waals surface area contributed by atoms with Gasteiger partial charge in [-0.1, -0.05) is 66.6 Å². The van der Waals surface area contributed by atoms with Crippen LogP contribution in [0.25, 0.3) is 32.7 Å². The van der Waals surface area contributed by atoms with Crippen LogP contribution in [-0.4, -0.2) is 0 Å². The van der Waals surface area contributed by atoms with Gasteiger partial charge < -0.3 is 0 Å². The first-order valence-electron chi connectivity index (χ1n) is 7.34. The number of terminal acetylenes is 1. The van der Waals surface area contributed by atoms with Gasteiger partial charge in [-0.2, -0.15) is 0 Å². The lowest BCUT2D eigenvalue weighted by Gasteiger charge is -2.12. The van der Waals surface area contributed by atoms with E-state index in [4.69, 9.17) is 6.42 Å². The molecule has 0 unspecified atom stereocenters. The molecule has 4 aromatic rings. The quantitative estimate of drug-likeness (QED) is 0.312.